The molecule has 0 aliphatic carbocycles. The summed E-state index contributed by atoms with van der Waals surface area (Å²) in [6.07, 6.45) is 4.12. The zero-order valence-corrected chi connectivity index (χ0v) is 16.3. The second-order valence-corrected chi connectivity index (χ2v) is 7.44. The highest BCUT2D eigenvalue weighted by atomic mass is 79.9. The van der Waals surface area contributed by atoms with Gasteiger partial charge in [0.1, 0.15) is 5.60 Å². The average molecular weight is 398 g/mol. The molecule has 1 unspecified atom stereocenters. The van der Waals surface area contributed by atoms with Crippen LogP contribution in [0, 0.1) is 0 Å². The minimum Gasteiger partial charge on any atom is -0.444 e. The van der Waals surface area contributed by atoms with Crippen LogP contribution in [0.1, 0.15) is 52.8 Å². The van der Waals surface area contributed by atoms with Crippen LogP contribution in [0.15, 0.2) is 16.9 Å². The standard InChI is InChI=1S/C16H24BrN5O2/c1-6-7-18-14-19-8-11(17)13-21-12(9-22(13)14)10(2)20-15(23)24-16(3,4)5/h8-10H,6-7H2,1-5H3,(H,18,19)(H,20,23). The fraction of sp³-hybridized carbons (Fsp3) is 0.562. The van der Waals surface area contributed by atoms with Crippen molar-refractivity contribution >= 4 is 33.6 Å². The number of imidazole rings is 1. The maximum atomic E-state index is 11.9. The van der Waals surface area contributed by atoms with Gasteiger partial charge in [-0.15, -0.1) is 0 Å². The Labute approximate surface area is 150 Å². The number of anilines is 1. The first-order valence-corrected chi connectivity index (χ1v) is 8.77. The second-order valence-electron chi connectivity index (χ2n) is 6.58. The molecule has 2 aromatic rings. The number of nitrogens with one attached hydrogen (secondary N) is 2. The van der Waals surface area contributed by atoms with E-state index in [9.17, 15) is 4.79 Å². The summed E-state index contributed by atoms with van der Waals surface area (Å²) in [5, 5.41) is 6.07. The molecule has 0 aromatic carbocycles. The van der Waals surface area contributed by atoms with E-state index in [-0.39, 0.29) is 6.04 Å². The van der Waals surface area contributed by atoms with Crippen molar-refractivity contribution in [2.45, 2.75) is 52.7 Å². The highest BCUT2D eigenvalue weighted by Gasteiger charge is 2.20. The largest absolute Gasteiger partial charge is 0.444 e. The smallest absolute Gasteiger partial charge is 0.408 e. The van der Waals surface area contributed by atoms with Crippen molar-refractivity contribution in [3.63, 3.8) is 0 Å². The predicted octanol–water partition coefficient (Wildman–Crippen LogP) is 3.90. The van der Waals surface area contributed by atoms with Crippen LogP contribution in [0.2, 0.25) is 0 Å². The van der Waals surface area contributed by atoms with E-state index in [2.05, 4.69) is 43.5 Å². The normalized spacial score (nSPS) is 12.9. The number of fused-ring (bicyclic) bond motifs is 1. The summed E-state index contributed by atoms with van der Waals surface area (Å²) in [6.45, 7) is 10.3. The highest BCUT2D eigenvalue weighted by Crippen LogP contribution is 2.23. The summed E-state index contributed by atoms with van der Waals surface area (Å²) >= 11 is 3.47. The topological polar surface area (TPSA) is 80.5 Å². The van der Waals surface area contributed by atoms with Crippen molar-refractivity contribution in [1.82, 2.24) is 19.7 Å². The van der Waals surface area contributed by atoms with E-state index < -0.39 is 11.7 Å². The van der Waals surface area contributed by atoms with Crippen molar-refractivity contribution < 1.29 is 9.53 Å². The number of rotatable bonds is 5. The summed E-state index contributed by atoms with van der Waals surface area (Å²) < 4.78 is 7.96. The molecule has 0 bridgehead atoms. The number of ether oxygens (including phenoxy) is 1. The summed E-state index contributed by atoms with van der Waals surface area (Å²) in [5.74, 6) is 0.721. The van der Waals surface area contributed by atoms with Crippen LogP contribution in [-0.2, 0) is 4.74 Å². The first-order chi connectivity index (χ1) is 11.2. The Hall–Kier alpha value is -1.83. The summed E-state index contributed by atoms with van der Waals surface area (Å²) in [4.78, 5) is 20.9. The molecule has 0 aliphatic heterocycles. The van der Waals surface area contributed by atoms with Gasteiger partial charge in [-0.05, 0) is 50.0 Å². The van der Waals surface area contributed by atoms with E-state index in [1.54, 1.807) is 6.20 Å². The lowest BCUT2D eigenvalue weighted by Gasteiger charge is -2.21. The molecule has 0 radical (unpaired) electrons. The molecule has 0 fully saturated rings. The van der Waals surface area contributed by atoms with Gasteiger partial charge in [0.05, 0.1) is 16.2 Å². The monoisotopic (exact) mass is 397 g/mol. The van der Waals surface area contributed by atoms with E-state index in [0.717, 1.165) is 34.7 Å². The quantitative estimate of drug-likeness (QED) is 0.799. The van der Waals surface area contributed by atoms with E-state index in [0.29, 0.717) is 0 Å². The molecule has 2 N–H and O–H groups in total. The Balaban J connectivity index is 2.23. The molecule has 8 heteroatoms. The molecule has 2 aromatic heterocycles. The number of aromatic nitrogens is 3. The van der Waals surface area contributed by atoms with Crippen molar-refractivity contribution in [3.05, 3.63) is 22.6 Å². The minimum absolute atomic E-state index is 0.286. The lowest BCUT2D eigenvalue weighted by atomic mass is 10.2. The van der Waals surface area contributed by atoms with Gasteiger partial charge < -0.3 is 15.4 Å². The number of carbonyl (C=O) groups is 1. The van der Waals surface area contributed by atoms with Crippen molar-refractivity contribution in [2.24, 2.45) is 0 Å². The van der Waals surface area contributed by atoms with Crippen LogP contribution in [0.3, 0.4) is 0 Å². The number of hydrogen-bond acceptors (Lipinski definition) is 5. The first-order valence-electron chi connectivity index (χ1n) is 7.98. The zero-order chi connectivity index (χ0) is 17.9. The Morgan fingerprint density at radius 3 is 2.79 bits per heavy atom. The Bertz CT molecular complexity index is 723. The van der Waals surface area contributed by atoms with Gasteiger partial charge in [0.25, 0.3) is 0 Å². The summed E-state index contributed by atoms with van der Waals surface area (Å²) in [7, 11) is 0. The van der Waals surface area contributed by atoms with E-state index in [1.165, 1.54) is 0 Å². The number of alkyl carbamates (subject to hydrolysis) is 1. The fourth-order valence-corrected chi connectivity index (χ4v) is 2.48. The SMILES string of the molecule is CCCNc1ncc(Br)c2nc(C(C)NC(=O)OC(C)(C)C)cn12. The number of amides is 1. The maximum Gasteiger partial charge on any atom is 0.408 e. The van der Waals surface area contributed by atoms with Gasteiger partial charge in [-0.2, -0.15) is 0 Å². The van der Waals surface area contributed by atoms with Gasteiger partial charge >= 0.3 is 6.09 Å². The lowest BCUT2D eigenvalue weighted by molar-refractivity contribution is 0.0507. The Morgan fingerprint density at radius 2 is 2.17 bits per heavy atom. The Kier molecular flexibility index (Phi) is 5.69. The molecule has 2 rings (SSSR count). The van der Waals surface area contributed by atoms with Crippen molar-refractivity contribution in [3.8, 4) is 0 Å². The molecule has 24 heavy (non-hydrogen) atoms. The molecule has 132 valence electrons. The van der Waals surface area contributed by atoms with E-state index in [1.807, 2.05) is 38.3 Å². The van der Waals surface area contributed by atoms with Gasteiger partial charge in [-0.25, -0.2) is 14.8 Å². The number of carbonyl (C=O) groups excluding carboxylic acids is 1. The van der Waals surface area contributed by atoms with E-state index in [4.69, 9.17) is 4.74 Å². The van der Waals surface area contributed by atoms with Crippen LogP contribution in [0.5, 0.6) is 0 Å². The molecule has 0 saturated heterocycles. The Morgan fingerprint density at radius 1 is 1.46 bits per heavy atom. The minimum atomic E-state index is -0.535. The van der Waals surface area contributed by atoms with Crippen LogP contribution in [0.4, 0.5) is 10.7 Å². The molecule has 2 heterocycles. The fourth-order valence-electron chi connectivity index (χ4n) is 2.10. The zero-order valence-electron chi connectivity index (χ0n) is 14.7. The predicted molar refractivity (Wildman–Crippen MR) is 97.3 cm³/mol. The summed E-state index contributed by atoms with van der Waals surface area (Å²) in [5.41, 5.74) is 0.943. The van der Waals surface area contributed by atoms with Crippen molar-refractivity contribution in [1.29, 1.82) is 0 Å². The average Bonchev–Trinajstić information content (AvgIpc) is 2.91. The van der Waals surface area contributed by atoms with Gasteiger partial charge in [-0.3, -0.25) is 4.40 Å². The second kappa shape index (κ2) is 7.38. The molecule has 0 saturated carbocycles. The molecular weight excluding hydrogens is 374 g/mol. The van der Waals surface area contributed by atoms with Gasteiger partial charge in [0.15, 0.2) is 5.65 Å². The molecule has 1 amide bonds. The maximum absolute atomic E-state index is 11.9. The lowest BCUT2D eigenvalue weighted by Crippen LogP contribution is -2.34. The highest BCUT2D eigenvalue weighted by molar-refractivity contribution is 9.10. The number of nitrogens with zero attached hydrogens (tertiary/aromatic N) is 3. The third kappa shape index (κ3) is 4.59. The number of halogens is 1. The number of hydrogen-bond donors (Lipinski definition) is 2. The van der Waals surface area contributed by atoms with Gasteiger partial charge in [0, 0.05) is 18.9 Å². The molecule has 1 atom stereocenters. The van der Waals surface area contributed by atoms with E-state index >= 15 is 0 Å². The first kappa shape index (κ1) is 18.5. The molecule has 7 nitrogen and oxygen atoms in total. The van der Waals surface area contributed by atoms with Crippen LogP contribution in [0.25, 0.3) is 5.65 Å². The van der Waals surface area contributed by atoms with Crippen LogP contribution >= 0.6 is 15.9 Å². The van der Waals surface area contributed by atoms with Crippen LogP contribution < -0.4 is 10.6 Å². The molecule has 0 spiro atoms. The van der Waals surface area contributed by atoms with Crippen LogP contribution in [-0.4, -0.2) is 32.6 Å². The third-order valence-electron chi connectivity index (χ3n) is 3.18. The van der Waals surface area contributed by atoms with Crippen molar-refractivity contribution in [2.75, 3.05) is 11.9 Å². The summed E-state index contributed by atoms with van der Waals surface area (Å²) in [6, 6.07) is -0.286. The van der Waals surface area contributed by atoms with Gasteiger partial charge in [-0.1, -0.05) is 6.92 Å². The van der Waals surface area contributed by atoms with Gasteiger partial charge in [0.2, 0.25) is 5.95 Å². The third-order valence-corrected chi connectivity index (χ3v) is 3.74. The molecular formula is C16H24BrN5O2. The molecule has 0 aliphatic rings.